The molecule has 0 bridgehead atoms. The molecule has 2 N–H and O–H groups in total. The first kappa shape index (κ1) is 11.4. The molecule has 18 heavy (non-hydrogen) atoms. The number of nitrogens with one attached hydrogen (secondary N) is 1. The number of rotatable bonds is 2. The monoisotopic (exact) mass is 245 g/mol. The number of nitrogens with zero attached hydrogens (tertiary/aromatic N) is 2. The van der Waals surface area contributed by atoms with Crippen LogP contribution in [0.3, 0.4) is 0 Å². The van der Waals surface area contributed by atoms with Gasteiger partial charge in [0.15, 0.2) is 0 Å². The summed E-state index contributed by atoms with van der Waals surface area (Å²) in [5.41, 5.74) is 2.05. The van der Waals surface area contributed by atoms with Gasteiger partial charge in [-0.3, -0.25) is 0 Å². The van der Waals surface area contributed by atoms with Crippen molar-refractivity contribution in [1.82, 2.24) is 9.97 Å². The second-order valence-electron chi connectivity index (χ2n) is 4.60. The van der Waals surface area contributed by atoms with Gasteiger partial charge in [0, 0.05) is 5.39 Å². The van der Waals surface area contributed by atoms with Crippen molar-refractivity contribution in [3.63, 3.8) is 0 Å². The number of fused-ring (bicyclic) bond motifs is 1. The molecule has 1 aliphatic heterocycles. The van der Waals surface area contributed by atoms with E-state index in [4.69, 9.17) is 4.74 Å². The second-order valence-corrected chi connectivity index (χ2v) is 4.60. The van der Waals surface area contributed by atoms with Crippen molar-refractivity contribution < 1.29 is 9.84 Å². The van der Waals surface area contributed by atoms with Crippen LogP contribution in [0.1, 0.15) is 5.56 Å². The molecule has 0 radical (unpaired) electrons. The molecule has 0 saturated carbocycles. The number of ether oxygens (including phenoxy) is 1. The summed E-state index contributed by atoms with van der Waals surface area (Å²) in [5, 5.41) is 13.9. The van der Waals surface area contributed by atoms with Crippen molar-refractivity contribution >= 4 is 16.7 Å². The summed E-state index contributed by atoms with van der Waals surface area (Å²) < 4.78 is 5.22. The molecule has 0 unspecified atom stereocenters. The number of hydrogen-bond donors (Lipinski definition) is 2. The van der Waals surface area contributed by atoms with Crippen LogP contribution < -0.4 is 5.32 Å². The molecule has 5 heteroatoms. The average molecular weight is 245 g/mol. The summed E-state index contributed by atoms with van der Waals surface area (Å²) in [4.78, 5) is 8.49. The van der Waals surface area contributed by atoms with E-state index < -0.39 is 6.10 Å². The molecule has 0 amide bonds. The molecule has 0 spiro atoms. The fraction of sp³-hybridized carbons (Fsp3) is 0.385. The Kier molecular flexibility index (Phi) is 2.85. The molecular formula is C13H15N3O2. The van der Waals surface area contributed by atoms with Crippen LogP contribution in [0.4, 0.5) is 5.82 Å². The van der Waals surface area contributed by atoms with E-state index in [9.17, 15) is 5.11 Å². The van der Waals surface area contributed by atoms with Gasteiger partial charge in [0.25, 0.3) is 0 Å². The average Bonchev–Trinajstić information content (AvgIpc) is 2.76. The Bertz CT molecular complexity index is 573. The van der Waals surface area contributed by atoms with Gasteiger partial charge in [0.05, 0.1) is 30.9 Å². The van der Waals surface area contributed by atoms with Gasteiger partial charge in [-0.1, -0.05) is 11.6 Å². The molecular weight excluding hydrogens is 230 g/mol. The molecule has 2 aromatic rings. The molecule has 3 rings (SSSR count). The zero-order chi connectivity index (χ0) is 12.5. The van der Waals surface area contributed by atoms with Gasteiger partial charge < -0.3 is 15.2 Å². The van der Waals surface area contributed by atoms with Crippen LogP contribution in [-0.2, 0) is 4.74 Å². The lowest BCUT2D eigenvalue weighted by Crippen LogP contribution is -2.32. The number of anilines is 1. The SMILES string of the molecule is Cc1ccc2ncnc(N[C@@H]3COC[C@H]3O)c2c1. The molecule has 2 atom stereocenters. The molecule has 1 saturated heterocycles. The molecule has 1 fully saturated rings. The first-order valence-electron chi connectivity index (χ1n) is 5.98. The van der Waals surface area contributed by atoms with E-state index in [0.717, 1.165) is 22.3 Å². The van der Waals surface area contributed by atoms with Crippen molar-refractivity contribution in [2.45, 2.75) is 19.1 Å². The standard InChI is InChI=1S/C13H15N3O2/c1-8-2-3-10-9(4-8)13(15-7-14-10)16-11-5-18-6-12(11)17/h2-4,7,11-12,17H,5-6H2,1H3,(H,14,15,16)/t11-,12-/m1/s1. The highest BCUT2D eigenvalue weighted by atomic mass is 16.5. The summed E-state index contributed by atoms with van der Waals surface area (Å²) >= 11 is 0. The fourth-order valence-electron chi connectivity index (χ4n) is 2.14. The van der Waals surface area contributed by atoms with Crippen LogP contribution in [0.25, 0.3) is 10.9 Å². The Labute approximate surface area is 105 Å². The van der Waals surface area contributed by atoms with Crippen molar-refractivity contribution in [2.24, 2.45) is 0 Å². The number of aryl methyl sites for hydroxylation is 1. The van der Waals surface area contributed by atoms with E-state index in [-0.39, 0.29) is 6.04 Å². The lowest BCUT2D eigenvalue weighted by atomic mass is 10.1. The minimum atomic E-state index is -0.486. The maximum Gasteiger partial charge on any atom is 0.137 e. The molecule has 1 aromatic heterocycles. The van der Waals surface area contributed by atoms with Gasteiger partial charge in [-0.25, -0.2) is 9.97 Å². The van der Waals surface area contributed by atoms with Gasteiger partial charge in [-0.15, -0.1) is 0 Å². The van der Waals surface area contributed by atoms with Crippen LogP contribution in [0.15, 0.2) is 24.5 Å². The van der Waals surface area contributed by atoms with E-state index in [1.807, 2.05) is 25.1 Å². The van der Waals surface area contributed by atoms with Crippen LogP contribution in [-0.4, -0.2) is 40.4 Å². The largest absolute Gasteiger partial charge is 0.388 e. The zero-order valence-electron chi connectivity index (χ0n) is 10.1. The highest BCUT2D eigenvalue weighted by molar-refractivity contribution is 5.89. The summed E-state index contributed by atoms with van der Waals surface area (Å²) in [5.74, 6) is 0.748. The van der Waals surface area contributed by atoms with Crippen LogP contribution in [0.2, 0.25) is 0 Å². The molecule has 0 aliphatic carbocycles. The van der Waals surface area contributed by atoms with Gasteiger partial charge in [-0.2, -0.15) is 0 Å². The maximum atomic E-state index is 9.75. The fourth-order valence-corrected chi connectivity index (χ4v) is 2.14. The Morgan fingerprint density at radius 2 is 2.22 bits per heavy atom. The van der Waals surface area contributed by atoms with Gasteiger partial charge in [0.2, 0.25) is 0 Å². The van der Waals surface area contributed by atoms with E-state index in [0.29, 0.717) is 13.2 Å². The van der Waals surface area contributed by atoms with E-state index in [1.165, 1.54) is 6.33 Å². The first-order chi connectivity index (χ1) is 8.74. The van der Waals surface area contributed by atoms with E-state index in [2.05, 4.69) is 15.3 Å². The normalized spacial score (nSPS) is 23.4. The predicted octanol–water partition coefficient (Wildman–Crippen LogP) is 1.11. The van der Waals surface area contributed by atoms with Crippen LogP contribution >= 0.6 is 0 Å². The molecule has 1 aliphatic rings. The lowest BCUT2D eigenvalue weighted by Gasteiger charge is -2.16. The number of aromatic nitrogens is 2. The topological polar surface area (TPSA) is 67.3 Å². The molecule has 2 heterocycles. The molecule has 1 aromatic carbocycles. The number of hydrogen-bond acceptors (Lipinski definition) is 5. The van der Waals surface area contributed by atoms with E-state index >= 15 is 0 Å². The van der Waals surface area contributed by atoms with Gasteiger partial charge >= 0.3 is 0 Å². The van der Waals surface area contributed by atoms with Crippen molar-refractivity contribution in [1.29, 1.82) is 0 Å². The number of benzene rings is 1. The third-order valence-electron chi connectivity index (χ3n) is 3.16. The minimum Gasteiger partial charge on any atom is -0.388 e. The van der Waals surface area contributed by atoms with Crippen molar-refractivity contribution in [3.05, 3.63) is 30.1 Å². The van der Waals surface area contributed by atoms with Gasteiger partial charge in [0.1, 0.15) is 12.1 Å². The Morgan fingerprint density at radius 3 is 3.00 bits per heavy atom. The number of aliphatic hydroxyl groups excluding tert-OH is 1. The van der Waals surface area contributed by atoms with Crippen LogP contribution in [0.5, 0.6) is 0 Å². The number of aliphatic hydroxyl groups is 1. The lowest BCUT2D eigenvalue weighted by molar-refractivity contribution is 0.125. The van der Waals surface area contributed by atoms with Crippen molar-refractivity contribution in [3.8, 4) is 0 Å². The highest BCUT2D eigenvalue weighted by Crippen LogP contribution is 2.22. The Morgan fingerprint density at radius 1 is 1.33 bits per heavy atom. The van der Waals surface area contributed by atoms with Crippen molar-refractivity contribution in [2.75, 3.05) is 18.5 Å². The second kappa shape index (κ2) is 4.51. The minimum absolute atomic E-state index is 0.108. The van der Waals surface area contributed by atoms with Crippen LogP contribution in [0, 0.1) is 6.92 Å². The summed E-state index contributed by atoms with van der Waals surface area (Å²) in [6.07, 6.45) is 1.04. The quantitative estimate of drug-likeness (QED) is 0.829. The smallest absolute Gasteiger partial charge is 0.137 e. The highest BCUT2D eigenvalue weighted by Gasteiger charge is 2.26. The summed E-state index contributed by atoms with van der Waals surface area (Å²) in [6.45, 7) is 2.90. The maximum absolute atomic E-state index is 9.75. The third-order valence-corrected chi connectivity index (χ3v) is 3.16. The summed E-state index contributed by atoms with van der Waals surface area (Å²) in [7, 11) is 0. The Hall–Kier alpha value is -1.72. The zero-order valence-corrected chi connectivity index (χ0v) is 10.1. The molecule has 5 nitrogen and oxygen atoms in total. The summed E-state index contributed by atoms with van der Waals surface area (Å²) in [6, 6.07) is 5.93. The third kappa shape index (κ3) is 2.02. The predicted molar refractivity (Wildman–Crippen MR) is 68.5 cm³/mol. The van der Waals surface area contributed by atoms with Gasteiger partial charge in [-0.05, 0) is 19.1 Å². The first-order valence-corrected chi connectivity index (χ1v) is 5.98. The molecule has 94 valence electrons. The Balaban J connectivity index is 1.98. The van der Waals surface area contributed by atoms with E-state index in [1.54, 1.807) is 0 Å².